The molecule has 6 heavy (non-hydrogen) atoms. The first-order valence-corrected chi connectivity index (χ1v) is 0.908. The Morgan fingerprint density at radius 2 is 1.67 bits per heavy atom. The summed E-state index contributed by atoms with van der Waals surface area (Å²) in [5.41, 5.74) is 0. The summed E-state index contributed by atoms with van der Waals surface area (Å²) in [6, 6.07) is 0. The monoisotopic (exact) mass is 121 g/mol. The minimum atomic E-state index is -1.08. The van der Waals surface area contributed by atoms with Crippen LogP contribution in [-0.2, 0) is 4.79 Å². The molecule has 4 heteroatoms. The zero-order valence-corrected chi connectivity index (χ0v) is 9.44. The van der Waals surface area contributed by atoms with Crippen LogP contribution in [0.5, 0.6) is 0 Å². The maximum absolute atomic E-state index is 8.89. The Morgan fingerprint density at radius 1 is 1.67 bits per heavy atom. The van der Waals surface area contributed by atoms with Crippen molar-refractivity contribution < 1.29 is 90.8 Å². The van der Waals surface area contributed by atoms with E-state index in [2.05, 4.69) is 0 Å². The second-order valence-corrected chi connectivity index (χ2v) is 0.492. The second-order valence-electron chi connectivity index (χ2n) is 0.492. The molecule has 0 amide bonds. The molecule has 2 nitrogen and oxygen atoms in total. The molecule has 0 fully saturated rings. The summed E-state index contributed by atoms with van der Waals surface area (Å²) in [6.45, 7) is 0.972. The first kappa shape index (κ1) is 15.7. The van der Waals surface area contributed by atoms with Gasteiger partial charge in [0.25, 0.3) is 0 Å². The van der Waals surface area contributed by atoms with Gasteiger partial charge < -0.3 is 9.90 Å². The third-order valence-electron chi connectivity index (χ3n) is 0. The van der Waals surface area contributed by atoms with Crippen LogP contribution in [0.4, 0.5) is 0 Å². The summed E-state index contributed by atoms with van der Waals surface area (Å²) >= 11 is 0. The molecule has 0 atom stereocenters. The third kappa shape index (κ3) is 35.9. The summed E-state index contributed by atoms with van der Waals surface area (Å²) in [4.78, 5) is 8.89. The van der Waals surface area contributed by atoms with Crippen molar-refractivity contribution in [3.63, 3.8) is 0 Å². The van der Waals surface area contributed by atoms with Gasteiger partial charge in [0, 0.05) is 5.97 Å². The molecular weight excluding hydrogens is 118 g/mol. The first-order chi connectivity index (χ1) is 1.73. The molecule has 24 valence electrons. The fourth-order valence-corrected chi connectivity index (χ4v) is 0. The van der Waals surface area contributed by atoms with Crippen LogP contribution < -0.4 is 86.0 Å². The molecule has 0 aliphatic carbocycles. The van der Waals surface area contributed by atoms with Crippen LogP contribution in [0.15, 0.2) is 0 Å². The molecule has 0 saturated carbocycles. The third-order valence-corrected chi connectivity index (χ3v) is 0. The minimum absolute atomic E-state index is 0. The van der Waals surface area contributed by atoms with Crippen LogP contribution in [-0.4, -0.2) is 5.97 Å². The van der Waals surface area contributed by atoms with Crippen LogP contribution in [0.25, 0.3) is 0 Å². The number of hydrogen-bond acceptors (Lipinski definition) is 2. The van der Waals surface area contributed by atoms with Crippen LogP contribution in [0.1, 0.15) is 6.92 Å². The number of carboxylic acid groups (broad SMARTS) is 1. The first-order valence-electron chi connectivity index (χ1n) is 0.908. The van der Waals surface area contributed by atoms with Gasteiger partial charge in [0.05, 0.1) is 0 Å². The Morgan fingerprint density at radius 3 is 1.67 bits per heavy atom. The predicted octanol–water partition coefficient (Wildman–Crippen LogP) is -7.24. The SMILES string of the molecule is CC(=O)[O-].[K+].[Na+]. The summed E-state index contributed by atoms with van der Waals surface area (Å²) in [7, 11) is 0. The molecule has 0 aromatic rings. The molecule has 0 radical (unpaired) electrons. The van der Waals surface area contributed by atoms with Crippen molar-refractivity contribution >= 4 is 5.97 Å². The standard InChI is InChI=1S/C2H4O2.K.Na/c1-2(3)4;;/h1H3,(H,3,4);;/q;2*+1/p-1. The molecular formula is C2H3KNaO2+. The molecule has 0 rings (SSSR count). The fraction of sp³-hybridized carbons (Fsp3) is 0.500. The number of carboxylic acids is 1. The van der Waals surface area contributed by atoms with E-state index < -0.39 is 5.97 Å². The summed E-state index contributed by atoms with van der Waals surface area (Å²) in [5, 5.41) is 8.89. The van der Waals surface area contributed by atoms with Gasteiger partial charge in [0.15, 0.2) is 0 Å². The summed E-state index contributed by atoms with van der Waals surface area (Å²) in [6.07, 6.45) is 0. The van der Waals surface area contributed by atoms with Gasteiger partial charge in [0.1, 0.15) is 0 Å². The zero-order valence-electron chi connectivity index (χ0n) is 4.32. The molecule has 0 aromatic carbocycles. The van der Waals surface area contributed by atoms with Crippen molar-refractivity contribution in [1.29, 1.82) is 0 Å². The molecule has 0 aliphatic heterocycles. The Bertz CT molecular complexity index is 34.5. The van der Waals surface area contributed by atoms with Crippen molar-refractivity contribution in [1.82, 2.24) is 0 Å². The average molecular weight is 121 g/mol. The van der Waals surface area contributed by atoms with Crippen molar-refractivity contribution in [2.24, 2.45) is 0 Å². The topological polar surface area (TPSA) is 40.1 Å². The van der Waals surface area contributed by atoms with Gasteiger partial charge in [-0.2, -0.15) is 0 Å². The van der Waals surface area contributed by atoms with E-state index in [9.17, 15) is 0 Å². The summed E-state index contributed by atoms with van der Waals surface area (Å²) < 4.78 is 0. The zero-order chi connectivity index (χ0) is 3.58. The van der Waals surface area contributed by atoms with Crippen LogP contribution in [0.3, 0.4) is 0 Å². The van der Waals surface area contributed by atoms with Gasteiger partial charge in [-0.3, -0.25) is 0 Å². The van der Waals surface area contributed by atoms with E-state index in [-0.39, 0.29) is 80.9 Å². The Balaban J connectivity index is -0.0000000450. The fourth-order valence-electron chi connectivity index (χ4n) is 0. The van der Waals surface area contributed by atoms with Gasteiger partial charge in [-0.25, -0.2) is 0 Å². The predicted molar refractivity (Wildman–Crippen MR) is 10.7 cm³/mol. The summed E-state index contributed by atoms with van der Waals surface area (Å²) in [5.74, 6) is -1.08. The number of carbonyl (C=O) groups is 1. The minimum Gasteiger partial charge on any atom is -0.550 e. The number of rotatable bonds is 0. The molecule has 0 heterocycles. The van der Waals surface area contributed by atoms with E-state index in [0.29, 0.717) is 0 Å². The van der Waals surface area contributed by atoms with Crippen LogP contribution in [0.2, 0.25) is 0 Å². The molecule has 0 unspecified atom stereocenters. The Kier molecular flexibility index (Phi) is 26.6. The van der Waals surface area contributed by atoms with Crippen molar-refractivity contribution in [2.75, 3.05) is 0 Å². The molecule has 0 bridgehead atoms. The van der Waals surface area contributed by atoms with E-state index in [1.165, 1.54) is 0 Å². The van der Waals surface area contributed by atoms with Gasteiger partial charge >= 0.3 is 80.9 Å². The molecule has 0 saturated heterocycles. The molecule has 0 aromatic heterocycles. The van der Waals surface area contributed by atoms with Gasteiger partial charge in [-0.05, 0) is 6.92 Å². The maximum Gasteiger partial charge on any atom is 1.00 e. The van der Waals surface area contributed by atoms with Crippen molar-refractivity contribution in [3.05, 3.63) is 0 Å². The smallest absolute Gasteiger partial charge is 0.550 e. The van der Waals surface area contributed by atoms with E-state index >= 15 is 0 Å². The molecule has 0 aliphatic rings. The number of hydrogen-bond donors (Lipinski definition) is 0. The van der Waals surface area contributed by atoms with E-state index in [0.717, 1.165) is 6.92 Å². The number of carbonyl (C=O) groups excluding carboxylic acids is 1. The van der Waals surface area contributed by atoms with E-state index in [4.69, 9.17) is 9.90 Å². The largest absolute Gasteiger partial charge is 1.00 e. The number of aliphatic carboxylic acids is 1. The van der Waals surface area contributed by atoms with Gasteiger partial charge in [-0.15, -0.1) is 0 Å². The van der Waals surface area contributed by atoms with Crippen molar-refractivity contribution in [2.45, 2.75) is 6.92 Å². The quantitative estimate of drug-likeness (QED) is 0.299. The van der Waals surface area contributed by atoms with Crippen LogP contribution >= 0.6 is 0 Å². The average Bonchev–Trinajstić information content (AvgIpc) is 0.811. The van der Waals surface area contributed by atoms with Crippen LogP contribution in [0, 0.1) is 0 Å². The maximum atomic E-state index is 8.89. The molecule has 0 N–H and O–H groups in total. The second kappa shape index (κ2) is 10.2. The van der Waals surface area contributed by atoms with E-state index in [1.54, 1.807) is 0 Å². The van der Waals surface area contributed by atoms with E-state index in [1.807, 2.05) is 0 Å². The normalized spacial score (nSPS) is 4.17. The van der Waals surface area contributed by atoms with Gasteiger partial charge in [0.2, 0.25) is 0 Å². The Labute approximate surface area is 101 Å². The molecule has 0 spiro atoms. The van der Waals surface area contributed by atoms with Crippen molar-refractivity contribution in [3.8, 4) is 0 Å². The Hall–Kier alpha value is 2.11. The van der Waals surface area contributed by atoms with Gasteiger partial charge in [-0.1, -0.05) is 0 Å².